The number of fused-ring (bicyclic) bond motifs is 1. The zero-order valence-corrected chi connectivity index (χ0v) is 14.3. The quantitative estimate of drug-likeness (QED) is 0.451. The first-order valence-electron chi connectivity index (χ1n) is 8.69. The minimum absolute atomic E-state index is 0.0933. The van der Waals surface area contributed by atoms with Gasteiger partial charge in [0, 0.05) is 24.2 Å². The summed E-state index contributed by atoms with van der Waals surface area (Å²) in [6, 6.07) is 3.13. The molecule has 1 aromatic carbocycles. The van der Waals surface area contributed by atoms with Gasteiger partial charge in [-0.05, 0) is 31.9 Å². The molecule has 1 amide bonds. The second-order valence-electron chi connectivity index (χ2n) is 6.46. The molecule has 4 N–H and O–H groups in total. The minimum atomic E-state index is -0.682. The Morgan fingerprint density at radius 3 is 2.68 bits per heavy atom. The van der Waals surface area contributed by atoms with Crippen molar-refractivity contribution in [1.29, 1.82) is 0 Å². The van der Waals surface area contributed by atoms with Gasteiger partial charge in [0.25, 0.3) is 5.91 Å². The number of amides is 1. The monoisotopic (exact) mass is 346 g/mol. The lowest BCUT2D eigenvalue weighted by Gasteiger charge is -2.24. The molecule has 1 heterocycles. The molecular formula is C18H23FN4O2. The summed E-state index contributed by atoms with van der Waals surface area (Å²) in [5, 5.41) is 3.45. The van der Waals surface area contributed by atoms with Gasteiger partial charge in [0.2, 0.25) is 5.43 Å². The molecule has 0 spiro atoms. The van der Waals surface area contributed by atoms with E-state index in [1.54, 1.807) is 10.6 Å². The van der Waals surface area contributed by atoms with E-state index in [4.69, 9.17) is 5.84 Å². The molecule has 134 valence electrons. The van der Waals surface area contributed by atoms with E-state index >= 15 is 0 Å². The summed E-state index contributed by atoms with van der Waals surface area (Å²) in [4.78, 5) is 24.3. The summed E-state index contributed by atoms with van der Waals surface area (Å²) in [7, 11) is 0. The standard InChI is InChI=1S/C18H23FN4O2/c1-2-23-10-13(18(25)22-20)17(24)12-8-14(19)15(9-16(12)23)21-11-6-4-3-5-7-11/h8-11,21H,2-7,20H2,1H3,(H,22,25). The van der Waals surface area contributed by atoms with Crippen LogP contribution in [0.3, 0.4) is 0 Å². The van der Waals surface area contributed by atoms with Gasteiger partial charge in [0.05, 0.1) is 11.2 Å². The van der Waals surface area contributed by atoms with Gasteiger partial charge in [-0.15, -0.1) is 0 Å². The largest absolute Gasteiger partial charge is 0.380 e. The van der Waals surface area contributed by atoms with Crippen molar-refractivity contribution < 1.29 is 9.18 Å². The number of nitrogens with one attached hydrogen (secondary N) is 2. The number of rotatable bonds is 4. The molecule has 0 aliphatic heterocycles. The van der Waals surface area contributed by atoms with Crippen molar-refractivity contribution in [3.63, 3.8) is 0 Å². The summed E-state index contributed by atoms with van der Waals surface area (Å²) in [6.45, 7) is 2.43. The van der Waals surface area contributed by atoms with Crippen molar-refractivity contribution in [2.24, 2.45) is 5.84 Å². The highest BCUT2D eigenvalue weighted by molar-refractivity contribution is 5.97. The van der Waals surface area contributed by atoms with E-state index < -0.39 is 17.2 Å². The Labute approximate surface area is 145 Å². The van der Waals surface area contributed by atoms with Crippen molar-refractivity contribution in [3.8, 4) is 0 Å². The number of carbonyl (C=O) groups excluding carboxylic acids is 1. The van der Waals surface area contributed by atoms with Crippen molar-refractivity contribution in [2.75, 3.05) is 5.32 Å². The molecule has 3 rings (SSSR count). The number of nitrogens with two attached hydrogens (primary N) is 1. The predicted molar refractivity (Wildman–Crippen MR) is 96.0 cm³/mol. The van der Waals surface area contributed by atoms with Crippen LogP contribution in [0.4, 0.5) is 10.1 Å². The van der Waals surface area contributed by atoms with Gasteiger partial charge in [-0.3, -0.25) is 15.0 Å². The molecule has 1 aliphatic rings. The highest BCUT2D eigenvalue weighted by Crippen LogP contribution is 2.26. The molecule has 0 atom stereocenters. The molecule has 1 aliphatic carbocycles. The summed E-state index contributed by atoms with van der Waals surface area (Å²) < 4.78 is 16.3. The van der Waals surface area contributed by atoms with Gasteiger partial charge in [-0.2, -0.15) is 0 Å². The number of aromatic nitrogens is 1. The second kappa shape index (κ2) is 7.23. The number of anilines is 1. The Bertz CT molecular complexity index is 856. The van der Waals surface area contributed by atoms with Gasteiger partial charge < -0.3 is 9.88 Å². The molecule has 25 heavy (non-hydrogen) atoms. The molecule has 7 heteroatoms. The SMILES string of the molecule is CCn1cc(C(=O)NN)c(=O)c2cc(F)c(NC3CCCCC3)cc21. The van der Waals surface area contributed by atoms with Crippen LogP contribution in [0, 0.1) is 5.82 Å². The average Bonchev–Trinajstić information content (AvgIpc) is 2.63. The van der Waals surface area contributed by atoms with E-state index in [1.807, 2.05) is 12.3 Å². The molecule has 1 aromatic heterocycles. The lowest BCUT2D eigenvalue weighted by molar-refractivity contribution is 0.0952. The number of nitrogen functional groups attached to an aromatic ring is 1. The number of nitrogens with zero attached hydrogens (tertiary/aromatic N) is 1. The fourth-order valence-corrected chi connectivity index (χ4v) is 3.49. The molecule has 1 fully saturated rings. The van der Waals surface area contributed by atoms with Crippen LogP contribution in [0.5, 0.6) is 0 Å². The van der Waals surface area contributed by atoms with E-state index in [2.05, 4.69) is 5.32 Å². The van der Waals surface area contributed by atoms with Crippen molar-refractivity contribution in [2.45, 2.75) is 51.6 Å². The molecule has 6 nitrogen and oxygen atoms in total. The van der Waals surface area contributed by atoms with Gasteiger partial charge in [0.15, 0.2) is 0 Å². The summed E-state index contributed by atoms with van der Waals surface area (Å²) in [5.74, 6) is 3.97. The fourth-order valence-electron chi connectivity index (χ4n) is 3.49. The number of benzene rings is 1. The molecule has 0 bridgehead atoms. The number of aryl methyl sites for hydroxylation is 1. The van der Waals surface area contributed by atoms with E-state index in [9.17, 15) is 14.0 Å². The maximum absolute atomic E-state index is 14.6. The topological polar surface area (TPSA) is 89.2 Å². The second-order valence-corrected chi connectivity index (χ2v) is 6.46. The van der Waals surface area contributed by atoms with Crippen LogP contribution in [0.15, 0.2) is 23.1 Å². The number of halogens is 1. The van der Waals surface area contributed by atoms with Crippen LogP contribution in [-0.2, 0) is 6.54 Å². The third-order valence-electron chi connectivity index (χ3n) is 4.85. The molecule has 2 aromatic rings. The molecule has 0 unspecified atom stereocenters. The smallest absolute Gasteiger partial charge is 0.270 e. The molecule has 0 radical (unpaired) electrons. The van der Waals surface area contributed by atoms with Crippen LogP contribution in [0.1, 0.15) is 49.4 Å². The van der Waals surface area contributed by atoms with Crippen LogP contribution in [0.25, 0.3) is 10.9 Å². The number of carbonyl (C=O) groups is 1. The summed E-state index contributed by atoms with van der Waals surface area (Å²) >= 11 is 0. The van der Waals surface area contributed by atoms with Crippen molar-refractivity contribution in [3.05, 3.63) is 39.9 Å². The molecule has 1 saturated carbocycles. The first-order chi connectivity index (χ1) is 12.0. The summed E-state index contributed by atoms with van der Waals surface area (Å²) in [6.07, 6.45) is 7.02. The molecule has 0 saturated heterocycles. The van der Waals surface area contributed by atoms with Crippen LogP contribution in [-0.4, -0.2) is 16.5 Å². The predicted octanol–water partition coefficient (Wildman–Crippen LogP) is 2.51. The Kier molecular flexibility index (Phi) is 5.03. The maximum Gasteiger partial charge on any atom is 0.270 e. The lowest BCUT2D eigenvalue weighted by Crippen LogP contribution is -2.34. The van der Waals surface area contributed by atoms with E-state index in [0.29, 0.717) is 17.7 Å². The minimum Gasteiger partial charge on any atom is -0.380 e. The zero-order valence-electron chi connectivity index (χ0n) is 14.3. The van der Waals surface area contributed by atoms with Crippen molar-refractivity contribution in [1.82, 2.24) is 9.99 Å². The highest BCUT2D eigenvalue weighted by Gasteiger charge is 2.19. The van der Waals surface area contributed by atoms with Gasteiger partial charge >= 0.3 is 0 Å². The third kappa shape index (κ3) is 3.37. The third-order valence-corrected chi connectivity index (χ3v) is 4.85. The van der Waals surface area contributed by atoms with E-state index in [0.717, 1.165) is 25.7 Å². The number of hydrogen-bond acceptors (Lipinski definition) is 4. The van der Waals surface area contributed by atoms with Gasteiger partial charge in [-0.1, -0.05) is 19.3 Å². The van der Waals surface area contributed by atoms with Gasteiger partial charge in [0.1, 0.15) is 11.4 Å². The lowest BCUT2D eigenvalue weighted by atomic mass is 9.95. The molecular weight excluding hydrogens is 323 g/mol. The highest BCUT2D eigenvalue weighted by atomic mass is 19.1. The first kappa shape index (κ1) is 17.4. The first-order valence-corrected chi connectivity index (χ1v) is 8.69. The van der Waals surface area contributed by atoms with Crippen LogP contribution < -0.4 is 22.0 Å². The number of hydrogen-bond donors (Lipinski definition) is 3. The Hall–Kier alpha value is -2.41. The zero-order chi connectivity index (χ0) is 18.0. The normalized spacial score (nSPS) is 15.3. The maximum atomic E-state index is 14.6. The van der Waals surface area contributed by atoms with E-state index in [1.165, 1.54) is 18.7 Å². The Morgan fingerprint density at radius 2 is 2.04 bits per heavy atom. The fraction of sp³-hybridized carbons (Fsp3) is 0.444. The van der Waals surface area contributed by atoms with E-state index in [-0.39, 0.29) is 17.0 Å². The van der Waals surface area contributed by atoms with Crippen LogP contribution >= 0.6 is 0 Å². The Morgan fingerprint density at radius 1 is 1.32 bits per heavy atom. The Balaban J connectivity index is 2.10. The number of hydrazine groups is 1. The van der Waals surface area contributed by atoms with Crippen LogP contribution in [0.2, 0.25) is 0 Å². The van der Waals surface area contributed by atoms with Crippen molar-refractivity contribution >= 4 is 22.5 Å². The van der Waals surface area contributed by atoms with Gasteiger partial charge in [-0.25, -0.2) is 10.2 Å². The average molecular weight is 346 g/mol. The summed E-state index contributed by atoms with van der Waals surface area (Å²) in [5.41, 5.74) is 2.34. The number of pyridine rings is 1.